The average molecular weight is 368 g/mol. The summed E-state index contributed by atoms with van der Waals surface area (Å²) in [5.74, 6) is -3.55. The molecular weight excluding hydrogens is 342 g/mol. The largest absolute Gasteiger partial charge is 0.481 e. The highest BCUT2D eigenvalue weighted by molar-refractivity contribution is 5.74. The number of carboxylic acid groups (broad SMARTS) is 1. The molecule has 0 aromatic heterocycles. The van der Waals surface area contributed by atoms with Crippen molar-refractivity contribution >= 4 is 12.0 Å². The molecule has 5 nitrogen and oxygen atoms in total. The molecule has 1 fully saturated rings. The van der Waals surface area contributed by atoms with E-state index in [4.69, 9.17) is 5.11 Å². The number of halogens is 2. The second kappa shape index (κ2) is 8.96. The lowest BCUT2D eigenvalue weighted by molar-refractivity contribution is -0.137. The molecule has 1 aliphatic rings. The molecule has 1 atom stereocenters. The third-order valence-electron chi connectivity index (χ3n) is 4.91. The second-order valence-corrected chi connectivity index (χ2v) is 6.97. The average Bonchev–Trinajstić information content (AvgIpc) is 2.60. The van der Waals surface area contributed by atoms with Gasteiger partial charge >= 0.3 is 12.0 Å². The quantitative estimate of drug-likeness (QED) is 0.771. The number of aliphatic carboxylic acids is 1. The van der Waals surface area contributed by atoms with E-state index in [0.29, 0.717) is 12.8 Å². The van der Waals surface area contributed by atoms with Gasteiger partial charge in [0.1, 0.15) is 0 Å². The third kappa shape index (κ3) is 6.28. The summed E-state index contributed by atoms with van der Waals surface area (Å²) in [4.78, 5) is 24.9. The van der Waals surface area contributed by atoms with E-state index in [1.54, 1.807) is 7.05 Å². The molecule has 26 heavy (non-hydrogen) atoms. The van der Waals surface area contributed by atoms with Gasteiger partial charge in [-0.3, -0.25) is 4.79 Å². The number of hydrogen-bond acceptors (Lipinski definition) is 2. The number of alkyl halides is 2. The fraction of sp³-hybridized carbons (Fsp3) is 0.579. The number of hydrogen-bond donors (Lipinski definition) is 2. The normalized spacial score (nSPS) is 18.1. The van der Waals surface area contributed by atoms with E-state index in [0.717, 1.165) is 5.56 Å². The van der Waals surface area contributed by atoms with Crippen molar-refractivity contribution in [2.24, 2.45) is 0 Å². The minimum Gasteiger partial charge on any atom is -0.481 e. The maximum Gasteiger partial charge on any atom is 0.317 e. The Morgan fingerprint density at radius 2 is 1.88 bits per heavy atom. The molecule has 144 valence electrons. The Bertz CT molecular complexity index is 600. The Hall–Kier alpha value is -2.18. The van der Waals surface area contributed by atoms with Crippen LogP contribution in [0.4, 0.5) is 13.6 Å². The van der Waals surface area contributed by atoms with Crippen LogP contribution < -0.4 is 5.32 Å². The highest BCUT2D eigenvalue weighted by atomic mass is 19.3. The highest BCUT2D eigenvalue weighted by Crippen LogP contribution is 2.34. The first kappa shape index (κ1) is 20.1. The summed E-state index contributed by atoms with van der Waals surface area (Å²) in [5, 5.41) is 11.8. The van der Waals surface area contributed by atoms with Crippen LogP contribution in [0.2, 0.25) is 0 Å². The van der Waals surface area contributed by atoms with Crippen LogP contribution >= 0.6 is 0 Å². The molecule has 0 aliphatic heterocycles. The Balaban J connectivity index is 1.94. The molecule has 1 aromatic rings. The molecule has 0 bridgehead atoms. The van der Waals surface area contributed by atoms with Gasteiger partial charge in [-0.2, -0.15) is 0 Å². The summed E-state index contributed by atoms with van der Waals surface area (Å²) in [6.07, 6.45) is 0.925. The molecular formula is C19H26F2N2O3. The van der Waals surface area contributed by atoms with Gasteiger partial charge in [0.2, 0.25) is 5.92 Å². The summed E-state index contributed by atoms with van der Waals surface area (Å²) in [6, 6.07) is 8.63. The van der Waals surface area contributed by atoms with Crippen LogP contribution in [0.3, 0.4) is 0 Å². The maximum absolute atomic E-state index is 13.3. The van der Waals surface area contributed by atoms with Crippen molar-refractivity contribution < 1.29 is 23.5 Å². The number of carboxylic acids is 1. The number of rotatable bonds is 7. The second-order valence-electron chi connectivity index (χ2n) is 6.97. The monoisotopic (exact) mass is 368 g/mol. The Kier molecular flexibility index (Phi) is 6.94. The van der Waals surface area contributed by atoms with Crippen molar-refractivity contribution in [3.8, 4) is 0 Å². The van der Waals surface area contributed by atoms with E-state index < -0.39 is 11.9 Å². The van der Waals surface area contributed by atoms with Crippen molar-refractivity contribution in [1.29, 1.82) is 0 Å². The first-order valence-electron chi connectivity index (χ1n) is 8.94. The van der Waals surface area contributed by atoms with E-state index in [2.05, 4.69) is 5.32 Å². The summed E-state index contributed by atoms with van der Waals surface area (Å²) in [6.45, 7) is 0. The fourth-order valence-electron chi connectivity index (χ4n) is 3.28. The van der Waals surface area contributed by atoms with E-state index in [1.807, 2.05) is 30.3 Å². The Morgan fingerprint density at radius 3 is 2.46 bits per heavy atom. The topological polar surface area (TPSA) is 69.6 Å². The first-order valence-corrected chi connectivity index (χ1v) is 8.94. The molecule has 0 spiro atoms. The molecule has 1 aromatic carbocycles. The number of carbonyl (C=O) groups excluding carboxylic acids is 1. The van der Waals surface area contributed by atoms with E-state index >= 15 is 0 Å². The molecule has 2 amide bonds. The van der Waals surface area contributed by atoms with Crippen LogP contribution in [0.15, 0.2) is 30.3 Å². The fourth-order valence-corrected chi connectivity index (χ4v) is 3.28. The summed E-state index contributed by atoms with van der Waals surface area (Å²) in [7, 11) is 1.61. The number of amides is 2. The van der Waals surface area contributed by atoms with Gasteiger partial charge in [-0.25, -0.2) is 13.6 Å². The SMILES string of the molecule is CN(C(=O)NC(CCC(=O)O)Cc1ccccc1)C1CCC(F)(F)CC1. The van der Waals surface area contributed by atoms with Crippen LogP contribution in [0.25, 0.3) is 0 Å². The number of urea groups is 1. The zero-order chi connectivity index (χ0) is 19.2. The van der Waals surface area contributed by atoms with Crippen LogP contribution in [-0.4, -0.2) is 47.1 Å². The first-order chi connectivity index (χ1) is 12.3. The molecule has 0 radical (unpaired) electrons. The van der Waals surface area contributed by atoms with Gasteiger partial charge in [-0.05, 0) is 31.2 Å². The molecule has 2 rings (SSSR count). The minimum atomic E-state index is -2.63. The van der Waals surface area contributed by atoms with E-state index in [1.165, 1.54) is 4.90 Å². The van der Waals surface area contributed by atoms with Gasteiger partial charge in [-0.1, -0.05) is 30.3 Å². The van der Waals surface area contributed by atoms with Crippen molar-refractivity contribution in [3.63, 3.8) is 0 Å². The third-order valence-corrected chi connectivity index (χ3v) is 4.91. The molecule has 1 saturated carbocycles. The molecule has 0 heterocycles. The van der Waals surface area contributed by atoms with Gasteiger partial charge in [0.25, 0.3) is 0 Å². The smallest absolute Gasteiger partial charge is 0.317 e. The highest BCUT2D eigenvalue weighted by Gasteiger charge is 2.37. The molecule has 0 saturated heterocycles. The van der Waals surface area contributed by atoms with Crippen molar-refractivity contribution in [3.05, 3.63) is 35.9 Å². The molecule has 1 aliphatic carbocycles. The Morgan fingerprint density at radius 1 is 1.27 bits per heavy atom. The number of nitrogens with zero attached hydrogens (tertiary/aromatic N) is 1. The predicted molar refractivity (Wildman–Crippen MR) is 94.3 cm³/mol. The number of benzene rings is 1. The standard InChI is InChI=1S/C19H26F2N2O3/c1-23(16-9-11-19(20,21)12-10-16)18(26)22-15(7-8-17(24)25)13-14-5-3-2-4-6-14/h2-6,15-16H,7-13H2,1H3,(H,22,26)(H,24,25). The van der Waals surface area contributed by atoms with Gasteiger partial charge in [-0.15, -0.1) is 0 Å². The lowest BCUT2D eigenvalue weighted by Gasteiger charge is -2.35. The van der Waals surface area contributed by atoms with Crippen molar-refractivity contribution in [2.45, 2.75) is 63.0 Å². The summed E-state index contributed by atoms with van der Waals surface area (Å²) < 4.78 is 26.6. The lowest BCUT2D eigenvalue weighted by Crippen LogP contribution is -2.49. The molecule has 1 unspecified atom stereocenters. The zero-order valence-electron chi connectivity index (χ0n) is 15.0. The van der Waals surface area contributed by atoms with Gasteiger partial charge in [0, 0.05) is 38.4 Å². The minimum absolute atomic E-state index is 0.0445. The van der Waals surface area contributed by atoms with E-state index in [9.17, 15) is 18.4 Å². The molecule has 7 heteroatoms. The van der Waals surface area contributed by atoms with Gasteiger partial charge < -0.3 is 15.3 Å². The summed E-state index contributed by atoms with van der Waals surface area (Å²) >= 11 is 0. The summed E-state index contributed by atoms with van der Waals surface area (Å²) in [5.41, 5.74) is 1.00. The lowest BCUT2D eigenvalue weighted by atomic mass is 9.91. The van der Waals surface area contributed by atoms with Gasteiger partial charge in [0.05, 0.1) is 0 Å². The van der Waals surface area contributed by atoms with Crippen molar-refractivity contribution in [1.82, 2.24) is 10.2 Å². The van der Waals surface area contributed by atoms with Crippen LogP contribution in [0.5, 0.6) is 0 Å². The number of nitrogens with one attached hydrogen (secondary N) is 1. The van der Waals surface area contributed by atoms with Gasteiger partial charge in [0.15, 0.2) is 0 Å². The van der Waals surface area contributed by atoms with E-state index in [-0.39, 0.29) is 50.2 Å². The Labute approximate surface area is 152 Å². The predicted octanol–water partition coefficient (Wildman–Crippen LogP) is 3.68. The molecule has 2 N–H and O–H groups in total. The van der Waals surface area contributed by atoms with Crippen molar-refractivity contribution in [2.75, 3.05) is 7.05 Å². The van der Waals surface area contributed by atoms with Crippen LogP contribution in [0.1, 0.15) is 44.1 Å². The van der Waals surface area contributed by atoms with Crippen LogP contribution in [0, 0.1) is 0 Å². The number of carbonyl (C=O) groups is 2. The zero-order valence-corrected chi connectivity index (χ0v) is 15.0. The maximum atomic E-state index is 13.3. The van der Waals surface area contributed by atoms with Crippen LogP contribution in [-0.2, 0) is 11.2 Å².